The van der Waals surface area contributed by atoms with E-state index in [0.717, 1.165) is 53.2 Å². The fourth-order valence-electron chi connectivity index (χ4n) is 3.91. The summed E-state index contributed by atoms with van der Waals surface area (Å²) >= 11 is 0. The van der Waals surface area contributed by atoms with Crippen LogP contribution in [0.5, 0.6) is 0 Å². The van der Waals surface area contributed by atoms with E-state index in [2.05, 4.69) is 33.2 Å². The van der Waals surface area contributed by atoms with Gasteiger partial charge in [-0.15, -0.1) is 0 Å². The summed E-state index contributed by atoms with van der Waals surface area (Å²) in [6.07, 6.45) is 3.37. The minimum Gasteiger partial charge on any atom is -0.443 e. The molecular weight excluding hydrogens is 352 g/mol. The van der Waals surface area contributed by atoms with Crippen molar-refractivity contribution in [2.45, 2.75) is 40.5 Å². The van der Waals surface area contributed by atoms with Crippen LogP contribution in [-0.2, 0) is 4.79 Å². The van der Waals surface area contributed by atoms with Gasteiger partial charge in [-0.3, -0.25) is 4.79 Å². The summed E-state index contributed by atoms with van der Waals surface area (Å²) in [5.41, 5.74) is 4.87. The fraction of sp³-hybridized carbons (Fsp3) is 0.409. The summed E-state index contributed by atoms with van der Waals surface area (Å²) in [6, 6.07) is 6.00. The van der Waals surface area contributed by atoms with E-state index in [0.29, 0.717) is 12.3 Å². The van der Waals surface area contributed by atoms with Crippen molar-refractivity contribution < 1.29 is 9.21 Å². The molecule has 1 aliphatic heterocycles. The highest BCUT2D eigenvalue weighted by molar-refractivity contribution is 5.94. The maximum absolute atomic E-state index is 13.0. The van der Waals surface area contributed by atoms with E-state index < -0.39 is 0 Å². The van der Waals surface area contributed by atoms with Crippen LogP contribution in [0.25, 0.3) is 11.1 Å². The van der Waals surface area contributed by atoms with Gasteiger partial charge in [0.1, 0.15) is 17.9 Å². The lowest BCUT2D eigenvalue weighted by Crippen LogP contribution is -2.41. The Morgan fingerprint density at radius 3 is 2.82 bits per heavy atom. The zero-order valence-corrected chi connectivity index (χ0v) is 16.9. The van der Waals surface area contributed by atoms with E-state index in [1.807, 2.05) is 32.9 Å². The highest BCUT2D eigenvalue weighted by Gasteiger charge is 2.29. The number of hydrogen-bond donors (Lipinski definition) is 1. The van der Waals surface area contributed by atoms with Gasteiger partial charge in [-0.05, 0) is 57.7 Å². The van der Waals surface area contributed by atoms with Crippen LogP contribution in [0.3, 0.4) is 0 Å². The van der Waals surface area contributed by atoms with Gasteiger partial charge >= 0.3 is 0 Å². The second kappa shape index (κ2) is 7.26. The quantitative estimate of drug-likeness (QED) is 0.735. The van der Waals surface area contributed by atoms with Gasteiger partial charge in [0.2, 0.25) is 11.6 Å². The molecule has 3 aromatic rings. The number of aryl methyl sites for hydroxylation is 3. The lowest BCUT2D eigenvalue weighted by atomic mass is 9.96. The van der Waals surface area contributed by atoms with Crippen molar-refractivity contribution in [2.75, 3.05) is 23.3 Å². The number of hydrogen-bond acceptors (Lipinski definition) is 5. The summed E-state index contributed by atoms with van der Waals surface area (Å²) in [7, 11) is 0. The molecule has 0 aliphatic carbocycles. The highest BCUT2D eigenvalue weighted by Crippen LogP contribution is 2.33. The Morgan fingerprint density at radius 2 is 2.00 bits per heavy atom. The van der Waals surface area contributed by atoms with Crippen LogP contribution >= 0.6 is 0 Å². The van der Waals surface area contributed by atoms with Crippen molar-refractivity contribution in [3.05, 3.63) is 47.0 Å². The average molecular weight is 378 g/mol. The van der Waals surface area contributed by atoms with E-state index in [4.69, 9.17) is 4.42 Å². The number of benzene rings is 1. The van der Waals surface area contributed by atoms with E-state index in [-0.39, 0.29) is 11.8 Å². The Bertz CT molecular complexity index is 1040. The van der Waals surface area contributed by atoms with Crippen LogP contribution in [0.2, 0.25) is 0 Å². The molecule has 1 N–H and O–H groups in total. The number of nitrogens with one attached hydrogen (secondary N) is 1. The number of rotatable bonds is 3. The number of nitrogens with zero attached hydrogens (tertiary/aromatic N) is 3. The van der Waals surface area contributed by atoms with Crippen LogP contribution in [0.4, 0.5) is 11.5 Å². The highest BCUT2D eigenvalue weighted by atomic mass is 16.3. The zero-order valence-electron chi connectivity index (χ0n) is 16.9. The topological polar surface area (TPSA) is 71.3 Å². The van der Waals surface area contributed by atoms with Crippen molar-refractivity contribution >= 4 is 28.5 Å². The third-order valence-electron chi connectivity index (χ3n) is 5.90. The van der Waals surface area contributed by atoms with Gasteiger partial charge in [-0.25, -0.2) is 9.97 Å². The molecule has 1 atom stereocenters. The predicted octanol–water partition coefficient (Wildman–Crippen LogP) is 4.31. The number of aromatic nitrogens is 2. The number of carbonyl (C=O) groups excluding carboxylic acids is 1. The lowest BCUT2D eigenvalue weighted by Gasteiger charge is -2.33. The molecule has 3 heterocycles. The molecule has 1 aromatic carbocycles. The number of fused-ring (bicyclic) bond motifs is 1. The van der Waals surface area contributed by atoms with Gasteiger partial charge < -0.3 is 14.6 Å². The Balaban J connectivity index is 1.57. The number of carbonyl (C=O) groups is 1. The van der Waals surface area contributed by atoms with E-state index in [1.165, 1.54) is 5.56 Å². The molecule has 1 unspecified atom stereocenters. The van der Waals surface area contributed by atoms with E-state index in [9.17, 15) is 4.79 Å². The Labute approximate surface area is 165 Å². The zero-order chi connectivity index (χ0) is 19.8. The van der Waals surface area contributed by atoms with Gasteiger partial charge in [0.15, 0.2) is 0 Å². The number of piperidine rings is 1. The number of furan rings is 1. The molecule has 1 aliphatic rings. The minimum atomic E-state index is -0.0769. The molecule has 4 rings (SSSR count). The molecule has 6 heteroatoms. The average Bonchev–Trinajstić information content (AvgIpc) is 2.99. The van der Waals surface area contributed by atoms with Crippen LogP contribution in [0.15, 0.2) is 28.9 Å². The maximum Gasteiger partial charge on any atom is 0.231 e. The molecule has 0 radical (unpaired) electrons. The standard InChI is InChI=1S/C22H26N4O2/c1-13-7-5-9-18(14(13)2)25-21(27)17-8-6-10-26(11-17)20-19-15(3)16(4)28-22(19)24-12-23-20/h5,7,9,12,17H,6,8,10-11H2,1-4H3,(H,25,27). The summed E-state index contributed by atoms with van der Waals surface area (Å²) in [4.78, 5) is 23.9. The first-order chi connectivity index (χ1) is 13.5. The van der Waals surface area contributed by atoms with Crippen LogP contribution in [-0.4, -0.2) is 29.0 Å². The van der Waals surface area contributed by atoms with Crippen molar-refractivity contribution in [1.82, 2.24) is 9.97 Å². The summed E-state index contributed by atoms with van der Waals surface area (Å²) in [6.45, 7) is 9.60. The van der Waals surface area contributed by atoms with Crippen molar-refractivity contribution in [2.24, 2.45) is 5.92 Å². The van der Waals surface area contributed by atoms with Crippen molar-refractivity contribution in [1.29, 1.82) is 0 Å². The SMILES string of the molecule is Cc1cccc(NC(=O)C2CCCN(c3ncnc4oc(C)c(C)c34)C2)c1C. The normalized spacial score (nSPS) is 17.1. The first-order valence-corrected chi connectivity index (χ1v) is 9.78. The van der Waals surface area contributed by atoms with Gasteiger partial charge in [0.05, 0.1) is 11.3 Å². The number of anilines is 2. The van der Waals surface area contributed by atoms with Crippen molar-refractivity contribution in [3.8, 4) is 0 Å². The predicted molar refractivity (Wildman–Crippen MR) is 111 cm³/mol. The second-order valence-electron chi connectivity index (χ2n) is 7.68. The third kappa shape index (κ3) is 3.23. The molecular formula is C22H26N4O2. The van der Waals surface area contributed by atoms with Gasteiger partial charge in [0, 0.05) is 24.3 Å². The first-order valence-electron chi connectivity index (χ1n) is 9.78. The Kier molecular flexibility index (Phi) is 4.79. The van der Waals surface area contributed by atoms with Gasteiger partial charge in [-0.1, -0.05) is 12.1 Å². The Morgan fingerprint density at radius 1 is 1.18 bits per heavy atom. The summed E-state index contributed by atoms with van der Waals surface area (Å²) < 4.78 is 5.75. The molecule has 2 aromatic heterocycles. The smallest absolute Gasteiger partial charge is 0.231 e. The number of amides is 1. The van der Waals surface area contributed by atoms with Crippen LogP contribution < -0.4 is 10.2 Å². The molecule has 6 nitrogen and oxygen atoms in total. The lowest BCUT2D eigenvalue weighted by molar-refractivity contribution is -0.120. The molecule has 0 saturated carbocycles. The third-order valence-corrected chi connectivity index (χ3v) is 5.90. The van der Waals surface area contributed by atoms with Crippen LogP contribution in [0, 0.1) is 33.6 Å². The molecule has 0 spiro atoms. The molecule has 28 heavy (non-hydrogen) atoms. The second-order valence-corrected chi connectivity index (χ2v) is 7.68. The molecule has 1 fully saturated rings. The molecule has 1 saturated heterocycles. The van der Waals surface area contributed by atoms with Crippen LogP contribution in [0.1, 0.15) is 35.3 Å². The van der Waals surface area contributed by atoms with E-state index >= 15 is 0 Å². The monoisotopic (exact) mass is 378 g/mol. The van der Waals surface area contributed by atoms with E-state index in [1.54, 1.807) is 6.33 Å². The van der Waals surface area contributed by atoms with Crippen molar-refractivity contribution in [3.63, 3.8) is 0 Å². The summed E-state index contributed by atoms with van der Waals surface area (Å²) in [5.74, 6) is 1.72. The molecule has 146 valence electrons. The fourth-order valence-corrected chi connectivity index (χ4v) is 3.91. The largest absolute Gasteiger partial charge is 0.443 e. The van der Waals surface area contributed by atoms with Gasteiger partial charge in [-0.2, -0.15) is 0 Å². The minimum absolute atomic E-state index is 0.0730. The summed E-state index contributed by atoms with van der Waals surface area (Å²) in [5, 5.41) is 4.08. The van der Waals surface area contributed by atoms with Gasteiger partial charge in [0.25, 0.3) is 0 Å². The Hall–Kier alpha value is -2.89. The molecule has 0 bridgehead atoms. The molecule has 1 amide bonds. The first kappa shape index (κ1) is 18.5. The maximum atomic E-state index is 13.0.